The quantitative estimate of drug-likeness (QED) is 0.701. The Labute approximate surface area is 200 Å². The van der Waals surface area contributed by atoms with Crippen molar-refractivity contribution in [2.24, 2.45) is 4.99 Å². The molecule has 5 rings (SSSR count). The van der Waals surface area contributed by atoms with E-state index < -0.39 is 15.6 Å². The number of sulfonamides is 1. The van der Waals surface area contributed by atoms with Gasteiger partial charge in [0, 0.05) is 18.1 Å². The molecule has 2 heterocycles. The van der Waals surface area contributed by atoms with Crippen molar-refractivity contribution in [2.75, 3.05) is 13.1 Å². The average molecular weight is 486 g/mol. The van der Waals surface area contributed by atoms with Crippen LogP contribution in [0.2, 0.25) is 5.02 Å². The minimum Gasteiger partial charge on any atom is -0.312 e. The zero-order valence-electron chi connectivity index (χ0n) is 18.5. The Balaban J connectivity index is 1.41. The summed E-state index contributed by atoms with van der Waals surface area (Å²) < 4.78 is 27.6. The van der Waals surface area contributed by atoms with E-state index in [2.05, 4.69) is 17.4 Å². The van der Waals surface area contributed by atoms with E-state index in [1.807, 2.05) is 18.2 Å². The van der Waals surface area contributed by atoms with Crippen molar-refractivity contribution in [3.8, 4) is 0 Å². The van der Waals surface area contributed by atoms with Gasteiger partial charge < -0.3 is 5.32 Å². The molecule has 1 spiro atoms. The van der Waals surface area contributed by atoms with Gasteiger partial charge in [0.15, 0.2) is 0 Å². The molecule has 1 saturated carbocycles. The minimum absolute atomic E-state index is 0.0989. The van der Waals surface area contributed by atoms with Gasteiger partial charge in [-0.3, -0.25) is 9.79 Å². The first-order valence-electron chi connectivity index (χ1n) is 11.6. The zero-order chi connectivity index (χ0) is 23.1. The molecule has 2 aliphatic heterocycles. The SMILES string of the molecule is O=C1NC(C2(c3ccccc3)CCCCC2)=NC12CCN(S(=O)(=O)c1cccc(Cl)c1)CC2. The van der Waals surface area contributed by atoms with E-state index in [-0.39, 0.29) is 29.3 Å². The number of nitrogens with zero attached hydrogens (tertiary/aromatic N) is 2. The van der Waals surface area contributed by atoms with Gasteiger partial charge in [0.1, 0.15) is 11.4 Å². The van der Waals surface area contributed by atoms with Crippen LogP contribution < -0.4 is 5.32 Å². The van der Waals surface area contributed by atoms with Crippen LogP contribution in [0.1, 0.15) is 50.5 Å². The predicted molar refractivity (Wildman–Crippen MR) is 129 cm³/mol. The average Bonchev–Trinajstić information content (AvgIpc) is 3.16. The molecule has 0 radical (unpaired) electrons. The summed E-state index contributed by atoms with van der Waals surface area (Å²) >= 11 is 6.01. The number of carbonyl (C=O) groups excluding carboxylic acids is 1. The molecule has 2 aromatic carbocycles. The molecule has 1 aliphatic carbocycles. The maximum Gasteiger partial charge on any atom is 0.253 e. The zero-order valence-corrected chi connectivity index (χ0v) is 20.0. The highest BCUT2D eigenvalue weighted by atomic mass is 35.5. The van der Waals surface area contributed by atoms with E-state index in [4.69, 9.17) is 16.6 Å². The Morgan fingerprint density at radius 2 is 1.61 bits per heavy atom. The van der Waals surface area contributed by atoms with E-state index in [1.165, 1.54) is 22.4 Å². The number of piperidine rings is 1. The highest BCUT2D eigenvalue weighted by Gasteiger charge is 2.52. The number of carbonyl (C=O) groups is 1. The van der Waals surface area contributed by atoms with Gasteiger partial charge in [-0.2, -0.15) is 4.31 Å². The molecule has 174 valence electrons. The van der Waals surface area contributed by atoms with E-state index in [0.717, 1.165) is 31.5 Å². The molecule has 2 fully saturated rings. The summed E-state index contributed by atoms with van der Waals surface area (Å²) in [6.45, 7) is 0.495. The van der Waals surface area contributed by atoms with E-state index >= 15 is 0 Å². The van der Waals surface area contributed by atoms with Crippen molar-refractivity contribution in [3.05, 3.63) is 65.2 Å². The first kappa shape index (κ1) is 22.6. The maximum absolute atomic E-state index is 13.2. The molecule has 33 heavy (non-hydrogen) atoms. The molecule has 1 amide bonds. The van der Waals surface area contributed by atoms with Crippen LogP contribution in [0.4, 0.5) is 0 Å². The van der Waals surface area contributed by atoms with Gasteiger partial charge in [-0.15, -0.1) is 0 Å². The molecular weight excluding hydrogens is 458 g/mol. The minimum atomic E-state index is -3.67. The Morgan fingerprint density at radius 3 is 2.27 bits per heavy atom. The Morgan fingerprint density at radius 1 is 0.909 bits per heavy atom. The van der Waals surface area contributed by atoms with Crippen LogP contribution in [0.5, 0.6) is 0 Å². The van der Waals surface area contributed by atoms with Crippen molar-refractivity contribution < 1.29 is 13.2 Å². The molecule has 0 aromatic heterocycles. The summed E-state index contributed by atoms with van der Waals surface area (Å²) in [5, 5.41) is 3.52. The van der Waals surface area contributed by atoms with Crippen LogP contribution in [-0.4, -0.2) is 43.1 Å². The topological polar surface area (TPSA) is 78.8 Å². The lowest BCUT2D eigenvalue weighted by molar-refractivity contribution is -0.125. The fourth-order valence-corrected chi connectivity index (χ4v) is 7.27. The number of hydrogen-bond donors (Lipinski definition) is 1. The van der Waals surface area contributed by atoms with Crippen molar-refractivity contribution in [1.29, 1.82) is 0 Å². The van der Waals surface area contributed by atoms with Crippen molar-refractivity contribution >= 4 is 33.4 Å². The van der Waals surface area contributed by atoms with Gasteiger partial charge in [0.05, 0.1) is 10.3 Å². The van der Waals surface area contributed by atoms with Gasteiger partial charge in [-0.25, -0.2) is 8.42 Å². The Bertz CT molecular complexity index is 1180. The third-order valence-electron chi connectivity index (χ3n) is 7.45. The van der Waals surface area contributed by atoms with E-state index in [9.17, 15) is 13.2 Å². The van der Waals surface area contributed by atoms with Crippen LogP contribution in [0.3, 0.4) is 0 Å². The number of amidine groups is 1. The summed E-state index contributed by atoms with van der Waals surface area (Å²) in [6.07, 6.45) is 6.05. The van der Waals surface area contributed by atoms with Crippen molar-refractivity contribution in [1.82, 2.24) is 9.62 Å². The summed E-state index contributed by atoms with van der Waals surface area (Å²) in [7, 11) is -3.67. The standard InChI is InChI=1S/C25H28ClN3O3S/c26-20-10-7-11-21(18-20)33(31,32)29-16-14-25(15-17-29)23(30)27-22(28-25)24(12-5-2-6-13-24)19-8-3-1-4-9-19/h1,3-4,7-11,18H,2,5-6,12-17H2,(H,27,28,30). The molecule has 0 bridgehead atoms. The summed E-state index contributed by atoms with van der Waals surface area (Å²) in [4.78, 5) is 18.5. The molecule has 1 saturated heterocycles. The van der Waals surface area contributed by atoms with Gasteiger partial charge in [0.2, 0.25) is 10.0 Å². The van der Waals surface area contributed by atoms with Crippen LogP contribution in [0, 0.1) is 0 Å². The van der Waals surface area contributed by atoms with Crippen LogP contribution in [0.15, 0.2) is 64.5 Å². The highest BCUT2D eigenvalue weighted by Crippen LogP contribution is 2.43. The molecule has 0 unspecified atom stereocenters. The number of rotatable bonds is 4. The summed E-state index contributed by atoms with van der Waals surface area (Å²) in [5.74, 6) is 0.669. The smallest absolute Gasteiger partial charge is 0.253 e. The number of aliphatic imine (C=N–C) groups is 1. The molecular formula is C25H28ClN3O3S. The number of halogens is 1. The van der Waals surface area contributed by atoms with Crippen LogP contribution >= 0.6 is 11.6 Å². The largest absolute Gasteiger partial charge is 0.312 e. The van der Waals surface area contributed by atoms with E-state index in [1.54, 1.807) is 18.2 Å². The third-order valence-corrected chi connectivity index (χ3v) is 9.58. The molecule has 6 nitrogen and oxygen atoms in total. The molecule has 8 heteroatoms. The molecule has 1 N–H and O–H groups in total. The second-order valence-corrected chi connectivity index (χ2v) is 11.7. The second kappa shape index (κ2) is 8.53. The Kier molecular flexibility index (Phi) is 5.83. The van der Waals surface area contributed by atoms with Crippen LogP contribution in [0.25, 0.3) is 0 Å². The van der Waals surface area contributed by atoms with Gasteiger partial charge >= 0.3 is 0 Å². The van der Waals surface area contributed by atoms with E-state index in [0.29, 0.717) is 17.9 Å². The molecule has 0 atom stereocenters. The fourth-order valence-electron chi connectivity index (χ4n) is 5.53. The number of nitrogens with one attached hydrogen (secondary N) is 1. The van der Waals surface area contributed by atoms with Gasteiger partial charge in [-0.05, 0) is 49.4 Å². The normalized spacial score (nSPS) is 22.7. The van der Waals surface area contributed by atoms with Crippen LogP contribution in [-0.2, 0) is 20.2 Å². The van der Waals surface area contributed by atoms with Crippen molar-refractivity contribution in [2.45, 2.75) is 60.8 Å². The lowest BCUT2D eigenvalue weighted by Crippen LogP contribution is -2.51. The van der Waals surface area contributed by atoms with Crippen molar-refractivity contribution in [3.63, 3.8) is 0 Å². The summed E-state index contributed by atoms with van der Waals surface area (Å²) in [5.41, 5.74) is 0.0270. The predicted octanol–water partition coefficient (Wildman–Crippen LogP) is 4.29. The third kappa shape index (κ3) is 3.90. The number of benzene rings is 2. The highest BCUT2D eigenvalue weighted by molar-refractivity contribution is 7.89. The van der Waals surface area contributed by atoms with Gasteiger partial charge in [-0.1, -0.05) is 67.3 Å². The monoisotopic (exact) mass is 485 g/mol. The summed E-state index contributed by atoms with van der Waals surface area (Å²) in [6, 6.07) is 16.6. The number of hydrogen-bond acceptors (Lipinski definition) is 4. The van der Waals surface area contributed by atoms with Gasteiger partial charge in [0.25, 0.3) is 5.91 Å². The lowest BCUT2D eigenvalue weighted by Gasteiger charge is -2.38. The number of amides is 1. The molecule has 2 aromatic rings. The molecule has 3 aliphatic rings. The lowest BCUT2D eigenvalue weighted by atomic mass is 9.68. The Hall–Kier alpha value is -2.22. The maximum atomic E-state index is 13.2. The second-order valence-electron chi connectivity index (χ2n) is 9.32. The fraction of sp³-hybridized carbons (Fsp3) is 0.440. The first-order chi connectivity index (χ1) is 15.9. The first-order valence-corrected chi connectivity index (χ1v) is 13.4.